The van der Waals surface area contributed by atoms with Crippen molar-refractivity contribution in [1.82, 2.24) is 0 Å². The van der Waals surface area contributed by atoms with Crippen molar-refractivity contribution in [3.63, 3.8) is 0 Å². The number of hydrogen-bond acceptors (Lipinski definition) is 0. The highest BCUT2D eigenvalue weighted by Gasteiger charge is 2.32. The fourth-order valence-electron chi connectivity index (χ4n) is 3.15. The third-order valence-corrected chi connectivity index (χ3v) is 3.95. The molecule has 0 bridgehead atoms. The molecule has 0 saturated carbocycles. The SMILES string of the molecule is CC(C)CC(C)(C)C(C)C(C)CC(C)(C)C. The molecule has 0 aromatic rings. The van der Waals surface area contributed by atoms with Gasteiger partial charge in [0.1, 0.15) is 0 Å². The zero-order valence-corrected chi connectivity index (χ0v) is 13.1. The van der Waals surface area contributed by atoms with Crippen LogP contribution in [-0.4, -0.2) is 0 Å². The average Bonchev–Trinajstić information content (AvgIpc) is 1.96. The van der Waals surface area contributed by atoms with Crippen LogP contribution in [0.2, 0.25) is 0 Å². The van der Waals surface area contributed by atoms with Gasteiger partial charge in [-0.3, -0.25) is 0 Å². The summed E-state index contributed by atoms with van der Waals surface area (Å²) in [5, 5.41) is 0. The van der Waals surface area contributed by atoms with Crippen LogP contribution in [0, 0.1) is 28.6 Å². The zero-order chi connectivity index (χ0) is 13.1. The fourth-order valence-corrected chi connectivity index (χ4v) is 3.15. The highest BCUT2D eigenvalue weighted by molar-refractivity contribution is 4.82. The molecule has 2 unspecified atom stereocenters. The van der Waals surface area contributed by atoms with Crippen LogP contribution in [0.4, 0.5) is 0 Å². The molecule has 0 heteroatoms. The summed E-state index contributed by atoms with van der Waals surface area (Å²) in [4.78, 5) is 0. The van der Waals surface area contributed by atoms with E-state index in [9.17, 15) is 0 Å². The second-order valence-corrected chi connectivity index (χ2v) is 8.12. The van der Waals surface area contributed by atoms with E-state index in [-0.39, 0.29) is 0 Å². The van der Waals surface area contributed by atoms with Gasteiger partial charge in [0.05, 0.1) is 0 Å². The van der Waals surface area contributed by atoms with E-state index < -0.39 is 0 Å². The summed E-state index contributed by atoms with van der Waals surface area (Å²) in [6, 6.07) is 0. The monoisotopic (exact) mass is 226 g/mol. The molecule has 0 heterocycles. The summed E-state index contributed by atoms with van der Waals surface area (Å²) < 4.78 is 0. The van der Waals surface area contributed by atoms with Gasteiger partial charge in [0.15, 0.2) is 0 Å². The molecule has 2 atom stereocenters. The Bertz CT molecular complexity index is 193. The Morgan fingerprint density at radius 3 is 1.50 bits per heavy atom. The summed E-state index contributed by atoms with van der Waals surface area (Å²) in [5.74, 6) is 2.42. The fraction of sp³-hybridized carbons (Fsp3) is 1.00. The molecule has 0 spiro atoms. The molecule has 0 aliphatic heterocycles. The molecule has 0 aromatic carbocycles. The van der Waals surface area contributed by atoms with E-state index in [1.54, 1.807) is 0 Å². The van der Waals surface area contributed by atoms with E-state index in [0.717, 1.165) is 17.8 Å². The molecule has 98 valence electrons. The van der Waals surface area contributed by atoms with Crippen LogP contribution in [0.25, 0.3) is 0 Å². The maximum Gasteiger partial charge on any atom is -0.0324 e. The van der Waals surface area contributed by atoms with Crippen molar-refractivity contribution in [3.05, 3.63) is 0 Å². The number of rotatable bonds is 5. The highest BCUT2D eigenvalue weighted by Crippen LogP contribution is 2.41. The van der Waals surface area contributed by atoms with Crippen LogP contribution < -0.4 is 0 Å². The van der Waals surface area contributed by atoms with Gasteiger partial charge < -0.3 is 0 Å². The first-order valence-corrected chi connectivity index (χ1v) is 6.96. The van der Waals surface area contributed by atoms with E-state index in [0.29, 0.717) is 10.8 Å². The minimum absolute atomic E-state index is 0.460. The molecule has 0 radical (unpaired) electrons. The van der Waals surface area contributed by atoms with Gasteiger partial charge >= 0.3 is 0 Å². The highest BCUT2D eigenvalue weighted by atomic mass is 14.4. The first kappa shape index (κ1) is 16.0. The molecule has 0 fully saturated rings. The molecular weight excluding hydrogens is 192 g/mol. The molecule has 0 amide bonds. The standard InChI is InChI=1S/C16H34/c1-12(2)10-16(8,9)14(4)13(3)11-15(5,6)7/h12-14H,10-11H2,1-9H3. The molecule has 0 nitrogen and oxygen atoms in total. The van der Waals surface area contributed by atoms with Crippen LogP contribution in [-0.2, 0) is 0 Å². The van der Waals surface area contributed by atoms with Crippen LogP contribution in [0.15, 0.2) is 0 Å². The molecule has 0 aliphatic carbocycles. The number of hydrogen-bond donors (Lipinski definition) is 0. The summed E-state index contributed by atoms with van der Waals surface area (Å²) in [6.45, 7) is 21.5. The second-order valence-electron chi connectivity index (χ2n) is 8.12. The molecule has 0 aliphatic rings. The molecule has 0 N–H and O–H groups in total. The quantitative estimate of drug-likeness (QED) is 0.558. The van der Waals surface area contributed by atoms with Crippen LogP contribution in [0.3, 0.4) is 0 Å². The van der Waals surface area contributed by atoms with E-state index in [4.69, 9.17) is 0 Å². The lowest BCUT2D eigenvalue weighted by Gasteiger charge is -2.39. The molecular formula is C16H34. The van der Waals surface area contributed by atoms with Gasteiger partial charge in [-0.15, -0.1) is 0 Å². The Morgan fingerprint density at radius 1 is 0.750 bits per heavy atom. The van der Waals surface area contributed by atoms with Crippen LogP contribution >= 0.6 is 0 Å². The Kier molecular flexibility index (Phi) is 5.56. The second kappa shape index (κ2) is 5.56. The van der Waals surface area contributed by atoms with Crippen molar-refractivity contribution in [1.29, 1.82) is 0 Å². The third-order valence-electron chi connectivity index (χ3n) is 3.95. The average molecular weight is 226 g/mol. The maximum atomic E-state index is 2.44. The van der Waals surface area contributed by atoms with Crippen molar-refractivity contribution in [3.8, 4) is 0 Å². The Balaban J connectivity index is 4.47. The van der Waals surface area contributed by atoms with Crippen molar-refractivity contribution < 1.29 is 0 Å². The molecule has 16 heavy (non-hydrogen) atoms. The van der Waals surface area contributed by atoms with Crippen LogP contribution in [0.5, 0.6) is 0 Å². The topological polar surface area (TPSA) is 0 Å². The first-order valence-electron chi connectivity index (χ1n) is 6.96. The molecule has 0 rings (SSSR count). The van der Waals surface area contributed by atoms with E-state index in [1.165, 1.54) is 12.8 Å². The van der Waals surface area contributed by atoms with Crippen molar-refractivity contribution in [2.24, 2.45) is 28.6 Å². The van der Waals surface area contributed by atoms with Gasteiger partial charge in [0, 0.05) is 0 Å². The van der Waals surface area contributed by atoms with Crippen molar-refractivity contribution in [2.45, 2.75) is 75.2 Å². The lowest BCUT2D eigenvalue weighted by atomic mass is 9.66. The predicted octanol–water partition coefficient (Wildman–Crippen LogP) is 5.77. The largest absolute Gasteiger partial charge is 0.0628 e. The Morgan fingerprint density at radius 2 is 1.19 bits per heavy atom. The third kappa shape index (κ3) is 5.92. The van der Waals surface area contributed by atoms with Gasteiger partial charge in [0.2, 0.25) is 0 Å². The van der Waals surface area contributed by atoms with Crippen molar-refractivity contribution >= 4 is 0 Å². The minimum Gasteiger partial charge on any atom is -0.0628 e. The summed E-state index contributed by atoms with van der Waals surface area (Å²) in [5.41, 5.74) is 0.931. The smallest absolute Gasteiger partial charge is 0.0324 e. The maximum absolute atomic E-state index is 2.44. The van der Waals surface area contributed by atoms with E-state index in [1.807, 2.05) is 0 Å². The first-order chi connectivity index (χ1) is 6.96. The minimum atomic E-state index is 0.460. The summed E-state index contributed by atoms with van der Waals surface area (Å²) in [7, 11) is 0. The van der Waals surface area contributed by atoms with Crippen molar-refractivity contribution in [2.75, 3.05) is 0 Å². The van der Waals surface area contributed by atoms with Gasteiger partial charge in [0.25, 0.3) is 0 Å². The van der Waals surface area contributed by atoms with Gasteiger partial charge in [-0.2, -0.15) is 0 Å². The van der Waals surface area contributed by atoms with Crippen LogP contribution in [0.1, 0.15) is 75.2 Å². The predicted molar refractivity (Wildman–Crippen MR) is 75.6 cm³/mol. The zero-order valence-electron chi connectivity index (χ0n) is 13.1. The molecule has 0 saturated heterocycles. The van der Waals surface area contributed by atoms with E-state index in [2.05, 4.69) is 62.3 Å². The molecule has 0 aromatic heterocycles. The Hall–Kier alpha value is 0. The normalized spacial score (nSPS) is 17.6. The summed E-state index contributed by atoms with van der Waals surface area (Å²) >= 11 is 0. The van der Waals surface area contributed by atoms with Gasteiger partial charge in [-0.05, 0) is 41.4 Å². The van der Waals surface area contributed by atoms with Gasteiger partial charge in [-0.1, -0.05) is 62.3 Å². The Labute approximate surface area is 104 Å². The lowest BCUT2D eigenvalue weighted by Crippen LogP contribution is -2.30. The summed E-state index contributed by atoms with van der Waals surface area (Å²) in [6.07, 6.45) is 2.67. The lowest BCUT2D eigenvalue weighted by molar-refractivity contribution is 0.108. The van der Waals surface area contributed by atoms with Gasteiger partial charge in [-0.25, -0.2) is 0 Å². The van der Waals surface area contributed by atoms with E-state index >= 15 is 0 Å².